The van der Waals surface area contributed by atoms with Gasteiger partial charge in [0.15, 0.2) is 12.1 Å². The first kappa shape index (κ1) is 53.2. The van der Waals surface area contributed by atoms with Gasteiger partial charge in [0, 0.05) is 26.4 Å². The molecule has 2 heterocycles. The van der Waals surface area contributed by atoms with Crippen LogP contribution in [0.3, 0.4) is 0 Å². The number of nitrogens with two attached hydrogens (primary N) is 2. The van der Waals surface area contributed by atoms with Crippen LogP contribution in [0.2, 0.25) is 0 Å². The van der Waals surface area contributed by atoms with Gasteiger partial charge in [-0.3, -0.25) is 38.3 Å². The van der Waals surface area contributed by atoms with Crippen LogP contribution in [-0.2, 0) is 65.7 Å². The largest absolute Gasteiger partial charge is 0.508 e. The van der Waals surface area contributed by atoms with Crippen LogP contribution in [0.5, 0.6) is 5.75 Å². The first-order valence-electron chi connectivity index (χ1n) is 21.3. The zero-order valence-corrected chi connectivity index (χ0v) is 38.1. The number of amides is 6. The fourth-order valence-corrected chi connectivity index (χ4v) is 7.74. The number of nitrogens with one attached hydrogen (secondary N) is 4. The molecule has 0 aliphatic carbocycles. The molecule has 67 heavy (non-hydrogen) atoms. The third kappa shape index (κ3) is 15.3. The number of carbonyl (C=O) groups excluding carboxylic acids is 7. The van der Waals surface area contributed by atoms with Gasteiger partial charge in [-0.05, 0) is 61.8 Å². The van der Waals surface area contributed by atoms with Crippen LogP contribution in [0, 0.1) is 5.92 Å². The zero-order chi connectivity index (χ0) is 49.7. The summed E-state index contributed by atoms with van der Waals surface area (Å²) in [7, 11) is -3.82. The van der Waals surface area contributed by atoms with Gasteiger partial charge >= 0.3 is 16.4 Å². The number of carbonyl (C=O) groups is 7. The number of rotatable bonds is 14. The van der Waals surface area contributed by atoms with E-state index in [9.17, 15) is 57.3 Å². The van der Waals surface area contributed by atoms with Crippen LogP contribution in [0.25, 0.3) is 0 Å². The van der Waals surface area contributed by atoms with Gasteiger partial charge in [-0.25, -0.2) is 8.98 Å². The number of hydrogen-bond acceptors (Lipinski definition) is 15. The fourth-order valence-electron chi connectivity index (χ4n) is 7.44. The summed E-state index contributed by atoms with van der Waals surface area (Å²) < 4.78 is 41.0. The Labute approximate surface area is 386 Å². The van der Waals surface area contributed by atoms with Crippen molar-refractivity contribution in [1.82, 2.24) is 31.1 Å². The van der Waals surface area contributed by atoms with Gasteiger partial charge in [-0.1, -0.05) is 56.3 Å². The van der Waals surface area contributed by atoms with Crippen LogP contribution in [-0.4, -0.2) is 160 Å². The van der Waals surface area contributed by atoms with Gasteiger partial charge in [0.25, 0.3) is 5.91 Å². The molecular formula is C42H59N9O15S. The van der Waals surface area contributed by atoms with Crippen molar-refractivity contribution < 1.29 is 70.8 Å². The number of fused-ring (bicyclic) bond motifs is 2. The highest BCUT2D eigenvalue weighted by molar-refractivity contribution is 7.80. The summed E-state index contributed by atoms with van der Waals surface area (Å²) in [6.45, 7) is 2.92. The third-order valence-electron chi connectivity index (χ3n) is 11.1. The number of phenols is 1. The predicted molar refractivity (Wildman–Crippen MR) is 236 cm³/mol. The first-order chi connectivity index (χ1) is 31.5. The van der Waals surface area contributed by atoms with Crippen molar-refractivity contribution in [3.8, 4) is 5.75 Å². The van der Waals surface area contributed by atoms with Gasteiger partial charge in [0.1, 0.15) is 60.9 Å². The quantitative estimate of drug-likeness (QED) is 0.0298. The van der Waals surface area contributed by atoms with Crippen LogP contribution >= 0.6 is 0 Å². The number of aliphatic imine (C=N–C) groups is 1. The molecule has 0 radical (unpaired) electrons. The average molecular weight is 962 g/mol. The molecule has 24 nitrogen and oxygen atoms in total. The van der Waals surface area contributed by atoms with E-state index in [1.165, 1.54) is 31.3 Å². The summed E-state index contributed by atoms with van der Waals surface area (Å²) in [6, 6.07) is 4.98. The van der Waals surface area contributed by atoms with Gasteiger partial charge in [-0.2, -0.15) is 8.42 Å². The third-order valence-corrected chi connectivity index (χ3v) is 11.5. The molecule has 9 atom stereocenters. The minimum atomic E-state index is -5.14. The van der Waals surface area contributed by atoms with Gasteiger partial charge in [0.05, 0.1) is 0 Å². The SMILES string of the molecule is CC(C)[C@@H]1NC(=O)[C@H](Cc2ccc(O)cc2)N(C)C(=O)[C@H](Cc2ccccc2)N2C(=O)[C@H](CC[C@H]2O)NC(=O)[C@H](CCCN=C(N)N)NC(=O)[C@H](NC(=O)[C@H](O)COS(=O)(=O)O)[C@@H](C)OC1=O. The molecule has 2 aromatic carbocycles. The second kappa shape index (κ2) is 23.9. The lowest BCUT2D eigenvalue weighted by Gasteiger charge is -2.43. The number of esters is 1. The number of aromatic hydroxyl groups is 1. The number of hydrogen-bond donors (Lipinski definition) is 10. The Morgan fingerprint density at radius 2 is 1.54 bits per heavy atom. The smallest absolute Gasteiger partial charge is 0.397 e. The molecule has 368 valence electrons. The molecule has 0 aromatic heterocycles. The standard InChI is InChI=1S/C42H59N9O15S/c1-22(2)33-41(61)66-23(3)34(49-37(57)31(53)21-65-67(62,63)64)38(58)46-27(11-8-18-45-42(43)44)35(55)47-28-16-17-32(54)51(39(28)59)30(20-24-9-6-5-7-10-24)40(60)50(4)29(36(56)48-33)19-25-12-14-26(52)15-13-25/h5-7,9-10,12-15,22-23,27-34,52-54H,8,11,16-21H2,1-4H3,(H,46,58)(H,47,55)(H,48,56)(H,49,57)(H4,43,44,45)(H,62,63,64)/t23-,27+,28+,29+,30+,31-,32-,33+,34-/m1/s1. The minimum Gasteiger partial charge on any atom is -0.508 e. The molecule has 2 aliphatic rings. The maximum absolute atomic E-state index is 15.0. The van der Waals surface area contributed by atoms with E-state index in [0.717, 1.165) is 16.7 Å². The maximum atomic E-state index is 15.0. The van der Waals surface area contributed by atoms with Gasteiger partial charge in [-0.15, -0.1) is 0 Å². The van der Waals surface area contributed by atoms with Crippen molar-refractivity contribution in [3.05, 3.63) is 65.7 Å². The van der Waals surface area contributed by atoms with Gasteiger partial charge in [0.2, 0.25) is 29.5 Å². The van der Waals surface area contributed by atoms with Crippen molar-refractivity contribution in [1.29, 1.82) is 0 Å². The number of aliphatic hydroxyl groups excluding tert-OH is 2. The molecule has 25 heteroatoms. The number of aliphatic hydroxyl groups is 2. The number of benzene rings is 2. The van der Waals surface area contributed by atoms with E-state index >= 15 is 0 Å². The Balaban J connectivity index is 1.87. The fraction of sp³-hybridized carbons (Fsp3) is 0.524. The van der Waals surface area contributed by atoms with Crippen molar-refractivity contribution in [2.45, 2.75) is 114 Å². The number of phenolic OH excluding ortho intramolecular Hbond substituents is 1. The van der Waals surface area contributed by atoms with Crippen LogP contribution in [0.1, 0.15) is 57.6 Å². The molecule has 2 saturated heterocycles. The van der Waals surface area contributed by atoms with Crippen LogP contribution in [0.15, 0.2) is 59.6 Å². The number of piperidine rings is 1. The number of likely N-dealkylation sites (N-methyl/N-ethyl adjacent to an activating group) is 1. The van der Waals surface area contributed by atoms with Crippen molar-refractivity contribution in [2.24, 2.45) is 22.4 Å². The highest BCUT2D eigenvalue weighted by Crippen LogP contribution is 2.25. The van der Waals surface area contributed by atoms with Crippen molar-refractivity contribution in [3.63, 3.8) is 0 Å². The molecule has 2 bridgehead atoms. The Morgan fingerprint density at radius 3 is 2.15 bits per heavy atom. The molecule has 0 saturated carbocycles. The van der Waals surface area contributed by atoms with E-state index in [0.29, 0.717) is 11.1 Å². The number of ether oxygens (including phenoxy) is 1. The monoisotopic (exact) mass is 961 g/mol. The Morgan fingerprint density at radius 1 is 0.910 bits per heavy atom. The molecule has 0 spiro atoms. The predicted octanol–water partition coefficient (Wildman–Crippen LogP) is -2.91. The lowest BCUT2D eigenvalue weighted by atomic mass is 9.95. The molecule has 2 fully saturated rings. The van der Waals surface area contributed by atoms with E-state index in [-0.39, 0.29) is 56.8 Å². The number of cyclic esters (lactones) is 1. The average Bonchev–Trinajstić information content (AvgIpc) is 3.26. The zero-order valence-electron chi connectivity index (χ0n) is 37.3. The van der Waals surface area contributed by atoms with Crippen LogP contribution < -0.4 is 32.7 Å². The molecular weight excluding hydrogens is 903 g/mol. The highest BCUT2D eigenvalue weighted by Gasteiger charge is 2.46. The molecule has 6 amide bonds. The first-order valence-corrected chi connectivity index (χ1v) is 22.7. The lowest BCUT2D eigenvalue weighted by Crippen LogP contribution is -2.65. The molecule has 4 rings (SSSR count). The van der Waals surface area contributed by atoms with Crippen molar-refractivity contribution >= 4 is 57.8 Å². The highest BCUT2D eigenvalue weighted by atomic mass is 32.3. The summed E-state index contributed by atoms with van der Waals surface area (Å²) in [4.78, 5) is 106. The molecule has 2 aliphatic heterocycles. The minimum absolute atomic E-state index is 0.0364. The second-order valence-corrected chi connectivity index (χ2v) is 17.6. The summed E-state index contributed by atoms with van der Waals surface area (Å²) in [5.74, 6) is -8.40. The van der Waals surface area contributed by atoms with E-state index in [2.05, 4.69) is 30.4 Å². The summed E-state index contributed by atoms with van der Waals surface area (Å²) in [5, 5.41) is 41.7. The molecule has 0 unspecified atom stereocenters. The normalized spacial score (nSPS) is 25.4. The number of guanidine groups is 1. The van der Waals surface area contributed by atoms with E-state index in [4.69, 9.17) is 20.8 Å². The molecule has 12 N–H and O–H groups in total. The summed E-state index contributed by atoms with van der Waals surface area (Å²) >= 11 is 0. The second-order valence-electron chi connectivity index (χ2n) is 16.5. The summed E-state index contributed by atoms with van der Waals surface area (Å²) in [6.07, 6.45) is -6.33. The Kier molecular flexibility index (Phi) is 18.9. The summed E-state index contributed by atoms with van der Waals surface area (Å²) in [5.41, 5.74) is 12.0. The topological polar surface area (TPSA) is 372 Å². The lowest BCUT2D eigenvalue weighted by molar-refractivity contribution is -0.165. The van der Waals surface area contributed by atoms with E-state index < -0.39 is 119 Å². The van der Waals surface area contributed by atoms with Gasteiger partial charge < -0.3 is 62.6 Å². The Hall–Kier alpha value is -6.41. The Bertz CT molecular complexity index is 2230. The van der Waals surface area contributed by atoms with Crippen molar-refractivity contribution in [2.75, 3.05) is 20.2 Å². The maximum Gasteiger partial charge on any atom is 0.397 e. The molecule has 2 aromatic rings. The van der Waals surface area contributed by atoms with E-state index in [1.807, 2.05) is 0 Å². The van der Waals surface area contributed by atoms with E-state index in [1.54, 1.807) is 44.2 Å². The number of nitrogens with zero attached hydrogens (tertiary/aromatic N) is 3. The van der Waals surface area contributed by atoms with Crippen LogP contribution in [0.4, 0.5) is 0 Å².